The molecule has 0 atom stereocenters. The maximum atomic E-state index is 11.8. The van der Waals surface area contributed by atoms with Gasteiger partial charge in [-0.05, 0) is 45.0 Å². The quantitative estimate of drug-likeness (QED) is 0.662. The molecule has 1 aromatic heterocycles. The summed E-state index contributed by atoms with van der Waals surface area (Å²) < 4.78 is 33.6. The van der Waals surface area contributed by atoms with Gasteiger partial charge >= 0.3 is 0 Å². The molecule has 3 N–H and O–H groups in total. The highest BCUT2D eigenvalue weighted by atomic mass is 32.2. The second-order valence-electron chi connectivity index (χ2n) is 6.69. The molecule has 1 heterocycles. The number of nitrogen functional groups attached to an aromatic ring is 1. The van der Waals surface area contributed by atoms with E-state index < -0.39 is 10.0 Å². The summed E-state index contributed by atoms with van der Waals surface area (Å²) in [6.07, 6.45) is 0. The molecule has 3 aromatic rings. The van der Waals surface area contributed by atoms with Gasteiger partial charge in [-0.15, -0.1) is 0 Å². The van der Waals surface area contributed by atoms with Gasteiger partial charge in [-0.2, -0.15) is 0 Å². The van der Waals surface area contributed by atoms with Crippen molar-refractivity contribution in [3.63, 3.8) is 0 Å². The van der Waals surface area contributed by atoms with Crippen LogP contribution in [0.15, 0.2) is 42.5 Å². The largest absolute Gasteiger partial charge is 0.497 e. The third kappa shape index (κ3) is 3.60. The maximum Gasteiger partial charge on any atom is 0.232 e. The molecular formula is C20H25N3O3S. The lowest BCUT2D eigenvalue weighted by atomic mass is 10.1. The van der Waals surface area contributed by atoms with Crippen LogP contribution in [-0.2, 0) is 10.0 Å². The maximum absolute atomic E-state index is 11.8. The molecule has 0 unspecified atom stereocenters. The van der Waals surface area contributed by atoms with Crippen molar-refractivity contribution in [3.05, 3.63) is 42.5 Å². The molecule has 0 aliphatic heterocycles. The fraction of sp³-hybridized carbons (Fsp3) is 0.300. The summed E-state index contributed by atoms with van der Waals surface area (Å²) in [4.78, 5) is 0. The van der Waals surface area contributed by atoms with E-state index in [9.17, 15) is 8.42 Å². The Morgan fingerprint density at radius 3 is 2.37 bits per heavy atom. The highest BCUT2D eigenvalue weighted by Gasteiger charge is 2.19. The first-order chi connectivity index (χ1) is 12.8. The number of hydrogen-bond donors (Lipinski definition) is 2. The van der Waals surface area contributed by atoms with E-state index in [1.54, 1.807) is 26.2 Å². The number of nitrogens with one attached hydrogen (secondary N) is 1. The predicted octanol–water partition coefficient (Wildman–Crippen LogP) is 4.24. The second-order valence-corrected chi connectivity index (χ2v) is 8.70. The third-order valence-electron chi connectivity index (χ3n) is 4.58. The molecule has 0 fully saturated rings. The Labute approximate surface area is 160 Å². The Morgan fingerprint density at radius 2 is 1.81 bits per heavy atom. The van der Waals surface area contributed by atoms with E-state index in [1.807, 2.05) is 30.3 Å². The number of sulfonamides is 1. The summed E-state index contributed by atoms with van der Waals surface area (Å²) in [5.74, 6) is 0.809. The van der Waals surface area contributed by atoms with Crippen molar-refractivity contribution in [1.29, 1.82) is 0 Å². The van der Waals surface area contributed by atoms with Crippen molar-refractivity contribution in [2.75, 3.05) is 23.3 Å². The van der Waals surface area contributed by atoms with Crippen LogP contribution in [0.2, 0.25) is 0 Å². The molecule has 0 aliphatic carbocycles. The summed E-state index contributed by atoms with van der Waals surface area (Å²) in [6, 6.07) is 13.3. The number of fused-ring (bicyclic) bond motifs is 1. The topological polar surface area (TPSA) is 86.3 Å². The van der Waals surface area contributed by atoms with E-state index in [4.69, 9.17) is 10.5 Å². The first kappa shape index (κ1) is 19.1. The van der Waals surface area contributed by atoms with Crippen LogP contribution in [0.3, 0.4) is 0 Å². The molecule has 27 heavy (non-hydrogen) atoms. The van der Waals surface area contributed by atoms with Gasteiger partial charge < -0.3 is 15.0 Å². The Morgan fingerprint density at radius 1 is 1.15 bits per heavy atom. The van der Waals surface area contributed by atoms with Gasteiger partial charge in [0.1, 0.15) is 5.75 Å². The Bertz CT molecular complexity index is 1070. The lowest BCUT2D eigenvalue weighted by Gasteiger charge is -2.16. The van der Waals surface area contributed by atoms with E-state index in [2.05, 4.69) is 23.1 Å². The van der Waals surface area contributed by atoms with Crippen molar-refractivity contribution in [2.24, 2.45) is 0 Å². The van der Waals surface area contributed by atoms with Gasteiger partial charge in [0.25, 0.3) is 0 Å². The smallest absolute Gasteiger partial charge is 0.232 e. The highest BCUT2D eigenvalue weighted by Crippen LogP contribution is 2.40. The monoisotopic (exact) mass is 387 g/mol. The number of hydrogen-bond acceptors (Lipinski definition) is 4. The van der Waals surface area contributed by atoms with E-state index >= 15 is 0 Å². The number of anilines is 2. The van der Waals surface area contributed by atoms with Crippen molar-refractivity contribution < 1.29 is 13.2 Å². The van der Waals surface area contributed by atoms with Crippen LogP contribution in [0.1, 0.15) is 26.8 Å². The minimum Gasteiger partial charge on any atom is -0.497 e. The molecule has 0 spiro atoms. The van der Waals surface area contributed by atoms with Crippen LogP contribution in [0.5, 0.6) is 5.75 Å². The zero-order valence-electron chi connectivity index (χ0n) is 16.0. The minimum absolute atomic E-state index is 0.0329. The number of benzene rings is 2. The number of rotatable bonds is 6. The van der Waals surface area contributed by atoms with Gasteiger partial charge in [-0.25, -0.2) is 8.42 Å². The lowest BCUT2D eigenvalue weighted by Crippen LogP contribution is -2.14. The van der Waals surface area contributed by atoms with Crippen LogP contribution in [0.25, 0.3) is 22.2 Å². The average molecular weight is 388 g/mol. The van der Waals surface area contributed by atoms with Crippen molar-refractivity contribution >= 4 is 32.3 Å². The number of aromatic nitrogens is 1. The first-order valence-corrected chi connectivity index (χ1v) is 10.5. The van der Waals surface area contributed by atoms with Crippen LogP contribution in [-0.4, -0.2) is 25.8 Å². The number of methoxy groups -OCH3 is 1. The normalized spacial score (nSPS) is 11.9. The third-order valence-corrected chi connectivity index (χ3v) is 5.89. The SMILES string of the molecule is CCS(=O)(=O)Nc1ccc(-c2c(N)c3ccc(OC)cc3n2C(C)C)cc1. The molecule has 6 nitrogen and oxygen atoms in total. The van der Waals surface area contributed by atoms with Gasteiger partial charge in [-0.3, -0.25) is 4.72 Å². The average Bonchev–Trinajstić information content (AvgIpc) is 2.94. The second kappa shape index (κ2) is 7.15. The van der Waals surface area contributed by atoms with E-state index in [-0.39, 0.29) is 11.8 Å². The highest BCUT2D eigenvalue weighted by molar-refractivity contribution is 7.92. The fourth-order valence-corrected chi connectivity index (χ4v) is 3.86. The van der Waals surface area contributed by atoms with E-state index in [0.717, 1.165) is 27.9 Å². The Hall–Kier alpha value is -2.67. The lowest BCUT2D eigenvalue weighted by molar-refractivity contribution is 0.415. The summed E-state index contributed by atoms with van der Waals surface area (Å²) in [5, 5.41) is 0.968. The minimum atomic E-state index is -3.30. The van der Waals surface area contributed by atoms with Crippen LogP contribution in [0, 0.1) is 0 Å². The van der Waals surface area contributed by atoms with Crippen molar-refractivity contribution in [3.8, 4) is 17.0 Å². The van der Waals surface area contributed by atoms with Crippen molar-refractivity contribution in [1.82, 2.24) is 4.57 Å². The van der Waals surface area contributed by atoms with Crippen LogP contribution < -0.4 is 15.2 Å². The zero-order valence-corrected chi connectivity index (χ0v) is 16.8. The fourth-order valence-electron chi connectivity index (χ4n) is 3.22. The van der Waals surface area contributed by atoms with Gasteiger partial charge in [0, 0.05) is 28.7 Å². The molecule has 0 bridgehead atoms. The van der Waals surface area contributed by atoms with Gasteiger partial charge in [0.15, 0.2) is 0 Å². The molecule has 0 aliphatic rings. The summed E-state index contributed by atoms with van der Waals surface area (Å²) in [5.41, 5.74) is 10.6. The van der Waals surface area contributed by atoms with Crippen molar-refractivity contribution in [2.45, 2.75) is 26.8 Å². The summed E-state index contributed by atoms with van der Waals surface area (Å²) in [7, 11) is -1.66. The summed E-state index contributed by atoms with van der Waals surface area (Å²) in [6.45, 7) is 5.81. The van der Waals surface area contributed by atoms with Crippen LogP contribution in [0.4, 0.5) is 11.4 Å². The Kier molecular flexibility index (Phi) is 5.06. The standard InChI is InChI=1S/C20H25N3O3S/c1-5-27(24,25)22-15-8-6-14(7-9-15)20-19(21)17-11-10-16(26-4)12-18(17)23(20)13(2)3/h6-13,22H,5,21H2,1-4H3. The predicted molar refractivity (Wildman–Crippen MR) is 112 cm³/mol. The van der Waals surface area contributed by atoms with E-state index in [0.29, 0.717) is 11.4 Å². The number of nitrogens with two attached hydrogens (primary N) is 1. The molecule has 0 saturated heterocycles. The number of nitrogens with zero attached hydrogens (tertiary/aromatic N) is 1. The molecule has 0 radical (unpaired) electrons. The molecule has 3 rings (SSSR count). The molecular weight excluding hydrogens is 362 g/mol. The van der Waals surface area contributed by atoms with Gasteiger partial charge in [0.2, 0.25) is 10.0 Å². The first-order valence-electron chi connectivity index (χ1n) is 8.85. The zero-order chi connectivity index (χ0) is 19.8. The van der Waals surface area contributed by atoms with Crippen LogP contribution >= 0.6 is 0 Å². The molecule has 7 heteroatoms. The summed E-state index contributed by atoms with van der Waals surface area (Å²) >= 11 is 0. The molecule has 0 saturated carbocycles. The van der Waals surface area contributed by atoms with Gasteiger partial charge in [0.05, 0.1) is 29.8 Å². The molecule has 0 amide bonds. The van der Waals surface area contributed by atoms with Gasteiger partial charge in [-0.1, -0.05) is 12.1 Å². The molecule has 144 valence electrons. The van der Waals surface area contributed by atoms with E-state index in [1.165, 1.54) is 0 Å². The molecule has 2 aromatic carbocycles. The Balaban J connectivity index is 2.13. The number of ether oxygens (including phenoxy) is 1.